The molecule has 1 heterocycles. The molecule has 0 bridgehead atoms. The summed E-state index contributed by atoms with van der Waals surface area (Å²) in [5.74, 6) is -1.47. The number of pyridine rings is 1. The van der Waals surface area contributed by atoms with Gasteiger partial charge in [0.25, 0.3) is 0 Å². The first-order valence-electron chi connectivity index (χ1n) is 3.54. The fourth-order valence-corrected chi connectivity index (χ4v) is 0.904. The predicted molar refractivity (Wildman–Crippen MR) is 38.5 cm³/mol. The van der Waals surface area contributed by atoms with Crippen LogP contribution < -0.4 is 0 Å². The Kier molecular flexibility index (Phi) is 2.70. The fraction of sp³-hybridized carbons (Fsp3) is 0.250. The zero-order chi connectivity index (χ0) is 10.8. The first-order chi connectivity index (χ1) is 6.46. The van der Waals surface area contributed by atoms with E-state index < -0.39 is 29.7 Å². The van der Waals surface area contributed by atoms with Crippen molar-refractivity contribution < 1.29 is 17.6 Å². The Morgan fingerprint density at radius 1 is 1.43 bits per heavy atom. The molecule has 0 atom stereocenters. The summed E-state index contributed by atoms with van der Waals surface area (Å²) in [6.07, 6.45) is -4.40. The second-order valence-corrected chi connectivity index (χ2v) is 2.45. The van der Waals surface area contributed by atoms with E-state index in [1.165, 1.54) is 6.07 Å². The number of rotatable bonds is 1. The molecule has 0 spiro atoms. The third-order valence-electron chi connectivity index (χ3n) is 1.51. The van der Waals surface area contributed by atoms with E-state index in [9.17, 15) is 17.6 Å². The molecule has 14 heavy (non-hydrogen) atoms. The number of halogens is 4. The van der Waals surface area contributed by atoms with Gasteiger partial charge in [-0.25, -0.2) is 4.39 Å². The molecule has 74 valence electrons. The van der Waals surface area contributed by atoms with Gasteiger partial charge >= 0.3 is 6.18 Å². The number of nitrogens with zero attached hydrogens (tertiary/aromatic N) is 2. The molecular formula is C8H4F4N2. The van der Waals surface area contributed by atoms with Crippen LogP contribution in [0.5, 0.6) is 0 Å². The van der Waals surface area contributed by atoms with Gasteiger partial charge in [0, 0.05) is 6.20 Å². The van der Waals surface area contributed by atoms with Gasteiger partial charge in [-0.15, -0.1) is 0 Å². The van der Waals surface area contributed by atoms with Crippen LogP contribution in [0.15, 0.2) is 12.3 Å². The molecule has 0 aliphatic heterocycles. The maximum absolute atomic E-state index is 13.0. The van der Waals surface area contributed by atoms with Crippen LogP contribution in [0, 0.1) is 17.1 Å². The second kappa shape index (κ2) is 3.62. The Morgan fingerprint density at radius 2 is 2.07 bits per heavy atom. The van der Waals surface area contributed by atoms with Gasteiger partial charge in [-0.3, -0.25) is 4.98 Å². The van der Waals surface area contributed by atoms with E-state index in [-0.39, 0.29) is 0 Å². The Morgan fingerprint density at radius 3 is 2.57 bits per heavy atom. The summed E-state index contributed by atoms with van der Waals surface area (Å²) in [5.41, 5.74) is -1.87. The molecular weight excluding hydrogens is 200 g/mol. The Hall–Kier alpha value is -1.64. The Balaban J connectivity index is 3.22. The predicted octanol–water partition coefficient (Wildman–Crippen LogP) is 2.31. The van der Waals surface area contributed by atoms with E-state index in [0.717, 1.165) is 6.20 Å². The minimum Gasteiger partial charge on any atom is -0.257 e. The van der Waals surface area contributed by atoms with E-state index in [4.69, 9.17) is 5.26 Å². The average molecular weight is 204 g/mol. The minimum atomic E-state index is -4.75. The Labute approximate surface area is 76.8 Å². The summed E-state index contributed by atoms with van der Waals surface area (Å²) < 4.78 is 49.4. The van der Waals surface area contributed by atoms with Crippen molar-refractivity contribution in [2.45, 2.75) is 12.6 Å². The van der Waals surface area contributed by atoms with Gasteiger partial charge in [0.2, 0.25) is 0 Å². The van der Waals surface area contributed by atoms with Gasteiger partial charge in [-0.2, -0.15) is 18.4 Å². The molecule has 6 heteroatoms. The lowest BCUT2D eigenvalue weighted by Crippen LogP contribution is -2.10. The fourth-order valence-electron chi connectivity index (χ4n) is 0.904. The molecule has 0 saturated carbocycles. The number of alkyl halides is 3. The molecule has 0 radical (unpaired) electrons. The molecule has 1 aromatic heterocycles. The van der Waals surface area contributed by atoms with E-state index in [0.29, 0.717) is 6.07 Å². The molecule has 0 N–H and O–H groups in total. The monoisotopic (exact) mass is 204 g/mol. The van der Waals surface area contributed by atoms with Gasteiger partial charge in [0.05, 0.1) is 23.7 Å². The zero-order valence-corrected chi connectivity index (χ0v) is 6.77. The van der Waals surface area contributed by atoms with Crippen LogP contribution in [-0.4, -0.2) is 4.98 Å². The quantitative estimate of drug-likeness (QED) is 0.658. The lowest BCUT2D eigenvalue weighted by atomic mass is 10.2. The molecule has 2 nitrogen and oxygen atoms in total. The van der Waals surface area contributed by atoms with E-state index in [2.05, 4.69) is 4.98 Å². The lowest BCUT2D eigenvalue weighted by molar-refractivity contribution is -0.140. The van der Waals surface area contributed by atoms with Crippen LogP contribution in [0.3, 0.4) is 0 Å². The van der Waals surface area contributed by atoms with Gasteiger partial charge in [0.15, 0.2) is 5.82 Å². The van der Waals surface area contributed by atoms with Gasteiger partial charge in [-0.1, -0.05) is 0 Å². The van der Waals surface area contributed by atoms with Crippen molar-refractivity contribution in [2.75, 3.05) is 0 Å². The largest absolute Gasteiger partial charge is 0.419 e. The van der Waals surface area contributed by atoms with Crippen LogP contribution in [0.4, 0.5) is 17.6 Å². The van der Waals surface area contributed by atoms with Gasteiger partial charge < -0.3 is 0 Å². The topological polar surface area (TPSA) is 36.7 Å². The molecule has 0 aliphatic rings. The molecule has 0 saturated heterocycles. The normalized spacial score (nSPS) is 11.1. The summed E-state index contributed by atoms with van der Waals surface area (Å²) >= 11 is 0. The molecule has 0 aromatic carbocycles. The standard InChI is InChI=1S/C8H4F4N2/c9-7-5(8(10,11)12)2-4-14-6(7)1-3-13/h2,4H,1H2. The summed E-state index contributed by atoms with van der Waals surface area (Å²) in [5, 5.41) is 8.20. The smallest absolute Gasteiger partial charge is 0.257 e. The number of hydrogen-bond acceptors (Lipinski definition) is 2. The van der Waals surface area contributed by atoms with Crippen LogP contribution >= 0.6 is 0 Å². The van der Waals surface area contributed by atoms with Crippen molar-refractivity contribution in [3.8, 4) is 6.07 Å². The summed E-state index contributed by atoms with van der Waals surface area (Å²) in [6.45, 7) is 0. The minimum absolute atomic E-state index is 0.476. The van der Waals surface area contributed by atoms with Crippen molar-refractivity contribution in [1.29, 1.82) is 5.26 Å². The van der Waals surface area contributed by atoms with E-state index in [1.807, 2.05) is 0 Å². The summed E-state index contributed by atoms with van der Waals surface area (Å²) in [7, 11) is 0. The highest BCUT2D eigenvalue weighted by atomic mass is 19.4. The van der Waals surface area contributed by atoms with Crippen molar-refractivity contribution in [2.24, 2.45) is 0 Å². The third kappa shape index (κ3) is 1.99. The number of aromatic nitrogens is 1. The first-order valence-corrected chi connectivity index (χ1v) is 3.54. The molecule has 1 rings (SSSR count). The lowest BCUT2D eigenvalue weighted by Gasteiger charge is -2.08. The van der Waals surface area contributed by atoms with Gasteiger partial charge in [0.1, 0.15) is 0 Å². The van der Waals surface area contributed by atoms with Crippen LogP contribution in [0.1, 0.15) is 11.3 Å². The molecule has 0 amide bonds. The van der Waals surface area contributed by atoms with Crippen molar-refractivity contribution >= 4 is 0 Å². The van der Waals surface area contributed by atoms with Crippen molar-refractivity contribution in [1.82, 2.24) is 4.98 Å². The first kappa shape index (κ1) is 10.4. The maximum Gasteiger partial charge on any atom is 0.419 e. The summed E-state index contributed by atoms with van der Waals surface area (Å²) in [6, 6.07) is 2.07. The average Bonchev–Trinajstić information content (AvgIpc) is 2.07. The van der Waals surface area contributed by atoms with Crippen LogP contribution in [0.25, 0.3) is 0 Å². The van der Waals surface area contributed by atoms with Crippen LogP contribution in [0.2, 0.25) is 0 Å². The van der Waals surface area contributed by atoms with Crippen LogP contribution in [-0.2, 0) is 12.6 Å². The zero-order valence-electron chi connectivity index (χ0n) is 6.77. The molecule has 0 aliphatic carbocycles. The highest BCUT2D eigenvalue weighted by Gasteiger charge is 2.35. The molecule has 0 fully saturated rings. The molecule has 1 aromatic rings. The number of nitriles is 1. The SMILES string of the molecule is N#CCc1nccc(C(F)(F)F)c1F. The highest BCUT2D eigenvalue weighted by Crippen LogP contribution is 2.31. The summed E-state index contributed by atoms with van der Waals surface area (Å²) in [4.78, 5) is 3.34. The Bertz CT molecular complexity index is 378. The van der Waals surface area contributed by atoms with E-state index in [1.54, 1.807) is 0 Å². The van der Waals surface area contributed by atoms with Crippen molar-refractivity contribution in [3.05, 3.63) is 29.3 Å². The maximum atomic E-state index is 13.0. The second-order valence-electron chi connectivity index (χ2n) is 2.45. The van der Waals surface area contributed by atoms with E-state index >= 15 is 0 Å². The van der Waals surface area contributed by atoms with Crippen molar-refractivity contribution in [3.63, 3.8) is 0 Å². The highest BCUT2D eigenvalue weighted by molar-refractivity contribution is 5.23. The molecule has 0 unspecified atom stereocenters. The number of hydrogen-bond donors (Lipinski definition) is 0. The van der Waals surface area contributed by atoms with Gasteiger partial charge in [-0.05, 0) is 6.07 Å². The third-order valence-corrected chi connectivity index (χ3v) is 1.51.